The lowest BCUT2D eigenvalue weighted by Crippen LogP contribution is -2.54. The number of carboxylic acids is 1. The molecule has 11 heteroatoms. The predicted molar refractivity (Wildman–Crippen MR) is 84.8 cm³/mol. The van der Waals surface area contributed by atoms with Crippen LogP contribution in [-0.2, 0) is 24.0 Å². The maximum Gasteiger partial charge on any atom is 0.326 e. The van der Waals surface area contributed by atoms with E-state index in [4.69, 9.17) is 16.6 Å². The van der Waals surface area contributed by atoms with Gasteiger partial charge >= 0.3 is 5.97 Å². The first-order valence-electron chi connectivity index (χ1n) is 7.77. The summed E-state index contributed by atoms with van der Waals surface area (Å²) in [5.74, 6) is -3.96. The third-order valence-corrected chi connectivity index (χ3v) is 3.70. The zero-order valence-electron chi connectivity index (χ0n) is 13.9. The van der Waals surface area contributed by atoms with Crippen molar-refractivity contribution in [1.82, 2.24) is 15.5 Å². The Morgan fingerprint density at radius 2 is 1.92 bits per heavy atom. The molecule has 1 aliphatic heterocycles. The smallest absolute Gasteiger partial charge is 0.326 e. The number of likely N-dealkylation sites (tertiary alicyclic amines) is 1. The van der Waals surface area contributed by atoms with Gasteiger partial charge in [-0.2, -0.15) is 0 Å². The quantitative estimate of drug-likeness (QED) is 0.304. The minimum absolute atomic E-state index is 0.211. The summed E-state index contributed by atoms with van der Waals surface area (Å²) in [5.41, 5.74) is 10.4. The average molecular weight is 357 g/mol. The van der Waals surface area contributed by atoms with E-state index in [0.29, 0.717) is 12.8 Å². The molecular formula is C14H23N5O6. The van der Waals surface area contributed by atoms with Gasteiger partial charge < -0.3 is 32.1 Å². The van der Waals surface area contributed by atoms with Crippen molar-refractivity contribution in [2.75, 3.05) is 13.1 Å². The fraction of sp³-hybridized carbons (Fsp3) is 0.643. The van der Waals surface area contributed by atoms with E-state index in [2.05, 4.69) is 10.6 Å². The van der Waals surface area contributed by atoms with Gasteiger partial charge in [-0.05, 0) is 19.8 Å². The maximum atomic E-state index is 12.5. The maximum absolute atomic E-state index is 12.5. The Morgan fingerprint density at radius 3 is 2.44 bits per heavy atom. The second-order valence-electron chi connectivity index (χ2n) is 5.82. The van der Waals surface area contributed by atoms with Crippen molar-refractivity contribution in [3.8, 4) is 0 Å². The number of amides is 4. The number of nitrogens with one attached hydrogen (secondary N) is 2. The van der Waals surface area contributed by atoms with E-state index in [0.717, 1.165) is 4.90 Å². The summed E-state index contributed by atoms with van der Waals surface area (Å²) in [4.78, 5) is 59.2. The Morgan fingerprint density at radius 1 is 1.28 bits per heavy atom. The molecule has 0 radical (unpaired) electrons. The molecule has 1 aliphatic rings. The van der Waals surface area contributed by atoms with Crippen molar-refractivity contribution >= 4 is 29.6 Å². The van der Waals surface area contributed by atoms with Gasteiger partial charge in [0.2, 0.25) is 23.6 Å². The Balaban J connectivity index is 2.74. The van der Waals surface area contributed by atoms with Crippen molar-refractivity contribution in [2.24, 2.45) is 11.5 Å². The highest BCUT2D eigenvalue weighted by atomic mass is 16.4. The molecule has 1 rings (SSSR count). The predicted octanol–water partition coefficient (Wildman–Crippen LogP) is -3.11. The van der Waals surface area contributed by atoms with E-state index in [1.54, 1.807) is 0 Å². The van der Waals surface area contributed by atoms with Gasteiger partial charge in [-0.1, -0.05) is 0 Å². The van der Waals surface area contributed by atoms with Crippen molar-refractivity contribution in [3.05, 3.63) is 0 Å². The molecule has 0 aromatic heterocycles. The van der Waals surface area contributed by atoms with Gasteiger partial charge in [0.1, 0.15) is 12.1 Å². The number of carbonyl (C=O) groups is 5. The normalized spacial score (nSPS) is 19.0. The number of nitrogens with zero attached hydrogens (tertiary/aromatic N) is 1. The van der Waals surface area contributed by atoms with E-state index in [9.17, 15) is 24.0 Å². The van der Waals surface area contributed by atoms with Crippen LogP contribution >= 0.6 is 0 Å². The molecule has 1 saturated heterocycles. The molecule has 0 bridgehead atoms. The number of carbonyl (C=O) groups excluding carboxylic acids is 4. The molecule has 0 aliphatic carbocycles. The number of aliphatic carboxylic acids is 1. The van der Waals surface area contributed by atoms with Gasteiger partial charge in [-0.3, -0.25) is 19.2 Å². The highest BCUT2D eigenvalue weighted by Crippen LogP contribution is 2.19. The fourth-order valence-electron chi connectivity index (χ4n) is 2.46. The Hall–Kier alpha value is -2.69. The van der Waals surface area contributed by atoms with E-state index in [1.165, 1.54) is 6.92 Å². The zero-order chi connectivity index (χ0) is 19.1. The highest BCUT2D eigenvalue weighted by Gasteiger charge is 2.38. The van der Waals surface area contributed by atoms with Crippen LogP contribution in [0, 0.1) is 0 Å². The topological polar surface area (TPSA) is 185 Å². The second kappa shape index (κ2) is 8.97. The highest BCUT2D eigenvalue weighted by molar-refractivity contribution is 5.95. The van der Waals surface area contributed by atoms with Crippen LogP contribution in [0.25, 0.3) is 0 Å². The Labute approximate surface area is 144 Å². The standard InChI is InChI=1S/C14H23N5O6/c1-7(15)12(22)17-6-11(21)18-8(5-10(16)20)13(23)19-4-2-3-9(19)14(24)25/h7-9H,2-6,15H2,1H3,(H2,16,20)(H,17,22)(H,18,21)(H,24,25). The summed E-state index contributed by atoms with van der Waals surface area (Å²) >= 11 is 0. The first kappa shape index (κ1) is 20.4. The molecule has 3 atom stereocenters. The zero-order valence-corrected chi connectivity index (χ0v) is 13.9. The van der Waals surface area contributed by atoms with Gasteiger partial charge in [0.25, 0.3) is 0 Å². The molecule has 0 aromatic carbocycles. The molecule has 4 amide bonds. The number of rotatable bonds is 8. The van der Waals surface area contributed by atoms with Crippen LogP contribution in [0.4, 0.5) is 0 Å². The van der Waals surface area contributed by atoms with E-state index in [-0.39, 0.29) is 6.54 Å². The molecule has 1 heterocycles. The van der Waals surface area contributed by atoms with Crippen LogP contribution in [0.3, 0.4) is 0 Å². The van der Waals surface area contributed by atoms with Crippen molar-refractivity contribution < 1.29 is 29.1 Å². The molecule has 7 N–H and O–H groups in total. The molecule has 0 aromatic rings. The first-order valence-corrected chi connectivity index (χ1v) is 7.77. The van der Waals surface area contributed by atoms with Crippen molar-refractivity contribution in [2.45, 2.75) is 44.3 Å². The summed E-state index contributed by atoms with van der Waals surface area (Å²) in [6.45, 7) is 1.21. The third-order valence-electron chi connectivity index (χ3n) is 3.70. The Bertz CT molecular complexity index is 564. The lowest BCUT2D eigenvalue weighted by molar-refractivity contribution is -0.149. The average Bonchev–Trinajstić information content (AvgIpc) is 3.00. The van der Waals surface area contributed by atoms with Crippen LogP contribution in [0.15, 0.2) is 0 Å². The summed E-state index contributed by atoms with van der Waals surface area (Å²) in [5, 5.41) is 13.7. The van der Waals surface area contributed by atoms with Gasteiger partial charge in [0, 0.05) is 6.54 Å². The van der Waals surface area contributed by atoms with Crippen LogP contribution in [-0.4, -0.2) is 70.8 Å². The minimum atomic E-state index is -1.29. The summed E-state index contributed by atoms with van der Waals surface area (Å²) in [6, 6.07) is -3.11. The van der Waals surface area contributed by atoms with Gasteiger partial charge in [0.05, 0.1) is 19.0 Å². The lowest BCUT2D eigenvalue weighted by Gasteiger charge is -2.26. The Kier molecular flexibility index (Phi) is 7.30. The molecule has 0 saturated carbocycles. The van der Waals surface area contributed by atoms with Crippen molar-refractivity contribution in [3.63, 3.8) is 0 Å². The van der Waals surface area contributed by atoms with Crippen LogP contribution in [0.1, 0.15) is 26.2 Å². The molecule has 3 unspecified atom stereocenters. The van der Waals surface area contributed by atoms with Gasteiger partial charge in [-0.25, -0.2) is 4.79 Å². The minimum Gasteiger partial charge on any atom is -0.480 e. The van der Waals surface area contributed by atoms with Crippen LogP contribution in [0.2, 0.25) is 0 Å². The lowest BCUT2D eigenvalue weighted by atomic mass is 10.1. The molecule has 25 heavy (non-hydrogen) atoms. The molecule has 1 fully saturated rings. The van der Waals surface area contributed by atoms with Crippen LogP contribution < -0.4 is 22.1 Å². The van der Waals surface area contributed by atoms with Crippen LogP contribution in [0.5, 0.6) is 0 Å². The summed E-state index contributed by atoms with van der Waals surface area (Å²) in [6.07, 6.45) is 0.321. The van der Waals surface area contributed by atoms with E-state index in [1.807, 2.05) is 0 Å². The monoisotopic (exact) mass is 357 g/mol. The number of primary amides is 1. The molecule has 0 spiro atoms. The summed E-state index contributed by atoms with van der Waals surface area (Å²) < 4.78 is 0. The molecule has 11 nitrogen and oxygen atoms in total. The molecular weight excluding hydrogens is 334 g/mol. The number of hydrogen-bond acceptors (Lipinski definition) is 6. The van der Waals surface area contributed by atoms with Crippen molar-refractivity contribution in [1.29, 1.82) is 0 Å². The fourth-order valence-corrected chi connectivity index (χ4v) is 2.46. The SMILES string of the molecule is CC(N)C(=O)NCC(=O)NC(CC(N)=O)C(=O)N1CCCC1C(=O)O. The largest absolute Gasteiger partial charge is 0.480 e. The molecule has 140 valence electrons. The first-order chi connectivity index (χ1) is 11.6. The van der Waals surface area contributed by atoms with Gasteiger partial charge in [0.15, 0.2) is 0 Å². The number of nitrogens with two attached hydrogens (primary N) is 2. The number of hydrogen-bond donors (Lipinski definition) is 5. The number of carboxylic acid groups (broad SMARTS) is 1. The third kappa shape index (κ3) is 6.03. The van der Waals surface area contributed by atoms with Gasteiger partial charge in [-0.15, -0.1) is 0 Å². The van der Waals surface area contributed by atoms with E-state index < -0.39 is 60.7 Å². The second-order valence-corrected chi connectivity index (χ2v) is 5.82. The van der Waals surface area contributed by atoms with E-state index >= 15 is 0 Å². The summed E-state index contributed by atoms with van der Waals surface area (Å²) in [7, 11) is 0.